The van der Waals surface area contributed by atoms with Gasteiger partial charge in [-0.1, -0.05) is 0 Å². The summed E-state index contributed by atoms with van der Waals surface area (Å²) >= 11 is 1.80. The van der Waals surface area contributed by atoms with Crippen molar-refractivity contribution < 1.29 is 9.59 Å². The second-order valence-electron chi connectivity index (χ2n) is 6.43. The van der Waals surface area contributed by atoms with Crippen LogP contribution in [0.15, 0.2) is 10.9 Å². The maximum Gasteiger partial charge on any atom is 0.272 e. The average Bonchev–Trinajstić information content (AvgIpc) is 2.50. The van der Waals surface area contributed by atoms with Gasteiger partial charge in [-0.25, -0.2) is 4.98 Å². The monoisotopic (exact) mass is 350 g/mol. The number of hydrogen-bond donors (Lipinski definition) is 2. The van der Waals surface area contributed by atoms with Crippen LogP contribution < -0.4 is 10.9 Å². The average molecular weight is 350 g/mol. The maximum absolute atomic E-state index is 12.5. The lowest BCUT2D eigenvalue weighted by atomic mass is 9.96. The zero-order chi connectivity index (χ0) is 17.1. The molecule has 0 unspecified atom stereocenters. The molecule has 2 saturated heterocycles. The first kappa shape index (κ1) is 17.0. The van der Waals surface area contributed by atoms with E-state index in [1.54, 1.807) is 23.6 Å². The van der Waals surface area contributed by atoms with E-state index in [-0.39, 0.29) is 29.0 Å². The predicted molar refractivity (Wildman–Crippen MR) is 92.0 cm³/mol. The molecule has 0 bridgehead atoms. The van der Waals surface area contributed by atoms with Gasteiger partial charge in [-0.15, -0.1) is 0 Å². The van der Waals surface area contributed by atoms with Crippen LogP contribution in [0.1, 0.15) is 29.2 Å². The van der Waals surface area contributed by atoms with Crippen molar-refractivity contribution in [3.63, 3.8) is 0 Å². The zero-order valence-electron chi connectivity index (χ0n) is 13.7. The van der Waals surface area contributed by atoms with Gasteiger partial charge in [0.2, 0.25) is 5.91 Å². The van der Waals surface area contributed by atoms with E-state index in [2.05, 4.69) is 15.3 Å². The molecule has 3 rings (SSSR count). The molecule has 0 spiro atoms. The van der Waals surface area contributed by atoms with E-state index in [0.29, 0.717) is 31.4 Å². The standard InChI is InChI=1S/C16H22N4O3S/c1-10-18-13(6-14(21)19-10)16(23)20-4-2-11(3-5-20)7-17-15(22)12-8-24-9-12/h6,11-12H,2-5,7-9H2,1H3,(H,17,22)(H,18,19,21). The molecule has 7 nitrogen and oxygen atoms in total. The highest BCUT2D eigenvalue weighted by atomic mass is 32.2. The first-order chi connectivity index (χ1) is 11.5. The molecular weight excluding hydrogens is 328 g/mol. The van der Waals surface area contributed by atoms with Crippen LogP contribution >= 0.6 is 11.8 Å². The zero-order valence-corrected chi connectivity index (χ0v) is 14.5. The van der Waals surface area contributed by atoms with E-state index in [1.807, 2.05) is 0 Å². The van der Waals surface area contributed by atoms with Crippen LogP contribution in [-0.2, 0) is 4.79 Å². The van der Waals surface area contributed by atoms with Crippen molar-refractivity contribution in [1.29, 1.82) is 0 Å². The fourth-order valence-electron chi connectivity index (χ4n) is 2.97. The third-order valence-corrected chi connectivity index (χ3v) is 5.83. The van der Waals surface area contributed by atoms with Gasteiger partial charge in [-0.3, -0.25) is 14.4 Å². The lowest BCUT2D eigenvalue weighted by Gasteiger charge is -2.32. The highest BCUT2D eigenvalue weighted by molar-refractivity contribution is 8.00. The molecule has 8 heteroatoms. The summed E-state index contributed by atoms with van der Waals surface area (Å²) in [4.78, 5) is 44.2. The third-order valence-electron chi connectivity index (χ3n) is 4.55. The van der Waals surface area contributed by atoms with Gasteiger partial charge in [0, 0.05) is 37.2 Å². The minimum atomic E-state index is -0.308. The molecule has 2 fully saturated rings. The largest absolute Gasteiger partial charge is 0.356 e. The molecule has 0 saturated carbocycles. The summed E-state index contributed by atoms with van der Waals surface area (Å²) in [5, 5.41) is 3.03. The highest BCUT2D eigenvalue weighted by Crippen LogP contribution is 2.25. The van der Waals surface area contributed by atoms with Crippen LogP contribution in [-0.4, -0.2) is 57.8 Å². The normalized spacial score (nSPS) is 19.0. The van der Waals surface area contributed by atoms with Crippen molar-refractivity contribution in [3.8, 4) is 0 Å². The van der Waals surface area contributed by atoms with Crippen LogP contribution in [0.2, 0.25) is 0 Å². The van der Waals surface area contributed by atoms with Crippen molar-refractivity contribution in [2.45, 2.75) is 19.8 Å². The number of rotatable bonds is 4. The first-order valence-corrected chi connectivity index (χ1v) is 9.41. The molecule has 2 aliphatic rings. The predicted octanol–water partition coefficient (Wildman–Crippen LogP) is 0.410. The Hall–Kier alpha value is -1.83. The highest BCUT2D eigenvalue weighted by Gasteiger charge is 2.28. The van der Waals surface area contributed by atoms with Gasteiger partial charge in [-0.05, 0) is 25.7 Å². The molecule has 1 aromatic heterocycles. The molecular formula is C16H22N4O3S. The summed E-state index contributed by atoms with van der Waals surface area (Å²) in [5.74, 6) is 2.86. The van der Waals surface area contributed by atoms with E-state index in [1.165, 1.54) is 6.07 Å². The molecule has 0 aromatic carbocycles. The van der Waals surface area contributed by atoms with Gasteiger partial charge in [0.05, 0.1) is 5.92 Å². The summed E-state index contributed by atoms with van der Waals surface area (Å²) < 4.78 is 0. The lowest BCUT2D eigenvalue weighted by molar-refractivity contribution is -0.124. The van der Waals surface area contributed by atoms with E-state index in [9.17, 15) is 14.4 Å². The molecule has 0 aliphatic carbocycles. The number of carbonyl (C=O) groups excluding carboxylic acids is 2. The molecule has 0 atom stereocenters. The van der Waals surface area contributed by atoms with Crippen LogP contribution in [0.5, 0.6) is 0 Å². The number of nitrogens with zero attached hydrogens (tertiary/aromatic N) is 2. The Morgan fingerprint density at radius 3 is 2.67 bits per heavy atom. The number of aryl methyl sites for hydroxylation is 1. The Morgan fingerprint density at radius 1 is 1.38 bits per heavy atom. The molecule has 3 heterocycles. The van der Waals surface area contributed by atoms with Crippen LogP contribution in [0.4, 0.5) is 0 Å². The smallest absolute Gasteiger partial charge is 0.272 e. The quantitative estimate of drug-likeness (QED) is 0.820. The Bertz CT molecular complexity index is 678. The van der Waals surface area contributed by atoms with E-state index in [4.69, 9.17) is 0 Å². The number of piperidine rings is 1. The van der Waals surface area contributed by atoms with E-state index >= 15 is 0 Å². The van der Waals surface area contributed by atoms with Crippen molar-refractivity contribution in [2.24, 2.45) is 11.8 Å². The van der Waals surface area contributed by atoms with Crippen LogP contribution in [0.3, 0.4) is 0 Å². The van der Waals surface area contributed by atoms with E-state index in [0.717, 1.165) is 24.3 Å². The summed E-state index contributed by atoms with van der Waals surface area (Å²) in [6.07, 6.45) is 1.71. The molecule has 0 radical (unpaired) electrons. The van der Waals surface area contributed by atoms with Crippen molar-refractivity contribution in [3.05, 3.63) is 27.9 Å². The third kappa shape index (κ3) is 3.98. The van der Waals surface area contributed by atoms with Crippen LogP contribution in [0.25, 0.3) is 0 Å². The molecule has 130 valence electrons. The Morgan fingerprint density at radius 2 is 2.08 bits per heavy atom. The Labute approximate surface area is 144 Å². The van der Waals surface area contributed by atoms with Gasteiger partial charge in [0.15, 0.2) is 0 Å². The second-order valence-corrected chi connectivity index (χ2v) is 7.51. The summed E-state index contributed by atoms with van der Waals surface area (Å²) in [6, 6.07) is 1.25. The molecule has 24 heavy (non-hydrogen) atoms. The van der Waals surface area contributed by atoms with Gasteiger partial charge >= 0.3 is 0 Å². The minimum Gasteiger partial charge on any atom is -0.356 e. The SMILES string of the molecule is Cc1nc(C(=O)N2CCC(CNC(=O)C3CSC3)CC2)cc(=O)[nH]1. The first-order valence-electron chi connectivity index (χ1n) is 8.25. The molecule has 2 amide bonds. The number of carbonyl (C=O) groups is 2. The fourth-order valence-corrected chi connectivity index (χ4v) is 3.74. The van der Waals surface area contributed by atoms with Gasteiger partial charge in [0.1, 0.15) is 11.5 Å². The number of thioether (sulfide) groups is 1. The molecule has 2 N–H and O–H groups in total. The minimum absolute atomic E-state index is 0.162. The number of aromatic amines is 1. The van der Waals surface area contributed by atoms with Crippen molar-refractivity contribution in [1.82, 2.24) is 20.2 Å². The topological polar surface area (TPSA) is 95.2 Å². The lowest BCUT2D eigenvalue weighted by Crippen LogP contribution is -2.44. The number of amides is 2. The van der Waals surface area contributed by atoms with Gasteiger partial charge in [-0.2, -0.15) is 11.8 Å². The van der Waals surface area contributed by atoms with E-state index < -0.39 is 0 Å². The Kier molecular flexibility index (Phi) is 5.23. The number of H-pyrrole nitrogens is 1. The van der Waals surface area contributed by atoms with Crippen molar-refractivity contribution >= 4 is 23.6 Å². The van der Waals surface area contributed by atoms with Crippen molar-refractivity contribution in [2.75, 3.05) is 31.1 Å². The number of hydrogen-bond acceptors (Lipinski definition) is 5. The number of nitrogens with one attached hydrogen (secondary N) is 2. The second kappa shape index (κ2) is 7.38. The molecule has 2 aliphatic heterocycles. The van der Waals surface area contributed by atoms with Gasteiger partial charge in [0.25, 0.3) is 11.5 Å². The summed E-state index contributed by atoms with van der Waals surface area (Å²) in [6.45, 7) is 3.61. The maximum atomic E-state index is 12.5. The van der Waals surface area contributed by atoms with Crippen LogP contribution in [0, 0.1) is 18.8 Å². The number of aromatic nitrogens is 2. The fraction of sp³-hybridized carbons (Fsp3) is 0.625. The van der Waals surface area contributed by atoms with Gasteiger partial charge < -0.3 is 15.2 Å². The Balaban J connectivity index is 1.48. The summed E-state index contributed by atoms with van der Waals surface area (Å²) in [7, 11) is 0. The number of likely N-dealkylation sites (tertiary alicyclic amines) is 1. The summed E-state index contributed by atoms with van der Waals surface area (Å²) in [5.41, 5.74) is -0.108. The molecule has 1 aromatic rings.